The lowest BCUT2D eigenvalue weighted by Gasteiger charge is -2.16. The third kappa shape index (κ3) is 3.95. The molecule has 3 heteroatoms. The summed E-state index contributed by atoms with van der Waals surface area (Å²) in [5, 5.41) is 18.8. The van der Waals surface area contributed by atoms with Gasteiger partial charge in [-0.15, -0.1) is 0 Å². The molecule has 1 saturated heterocycles. The van der Waals surface area contributed by atoms with Crippen LogP contribution < -0.4 is 0 Å². The van der Waals surface area contributed by atoms with E-state index in [-0.39, 0.29) is 0 Å². The Balaban J connectivity index is 2.02. The zero-order valence-corrected chi connectivity index (χ0v) is 8.98. The Hall–Kier alpha value is -0.120. The summed E-state index contributed by atoms with van der Waals surface area (Å²) in [6.07, 6.45) is 4.91. The van der Waals surface area contributed by atoms with Crippen molar-refractivity contribution in [3.63, 3.8) is 0 Å². The highest BCUT2D eigenvalue weighted by Gasteiger charge is 2.17. The van der Waals surface area contributed by atoms with Crippen LogP contribution in [0.4, 0.5) is 0 Å². The van der Waals surface area contributed by atoms with E-state index in [2.05, 4.69) is 0 Å². The van der Waals surface area contributed by atoms with Gasteiger partial charge in [-0.1, -0.05) is 6.92 Å². The summed E-state index contributed by atoms with van der Waals surface area (Å²) < 4.78 is 5.48. The molecule has 1 aliphatic heterocycles. The van der Waals surface area contributed by atoms with Crippen LogP contribution in [-0.4, -0.2) is 35.1 Å². The molecular weight excluding hydrogens is 180 g/mol. The second-order valence-corrected chi connectivity index (χ2v) is 4.11. The molecular formula is C11H22O3. The smallest absolute Gasteiger partial charge is 0.0799 e. The molecule has 1 rings (SSSR count). The van der Waals surface area contributed by atoms with Crippen molar-refractivity contribution in [1.29, 1.82) is 0 Å². The lowest BCUT2D eigenvalue weighted by Crippen LogP contribution is -2.25. The molecule has 0 aromatic rings. The summed E-state index contributed by atoms with van der Waals surface area (Å²) >= 11 is 0. The molecule has 0 amide bonds. The molecule has 0 saturated carbocycles. The lowest BCUT2D eigenvalue weighted by atomic mass is 10.0. The number of rotatable bonds is 6. The SMILES string of the molecule is CCC(O)C(O)CCCC1CCCO1. The van der Waals surface area contributed by atoms with Crippen LogP contribution >= 0.6 is 0 Å². The van der Waals surface area contributed by atoms with Crippen molar-refractivity contribution in [2.75, 3.05) is 6.61 Å². The van der Waals surface area contributed by atoms with E-state index in [1.807, 2.05) is 6.92 Å². The number of hydrogen-bond acceptors (Lipinski definition) is 3. The Kier molecular flexibility index (Phi) is 5.45. The van der Waals surface area contributed by atoms with Gasteiger partial charge < -0.3 is 14.9 Å². The average Bonchev–Trinajstić information content (AvgIpc) is 2.69. The zero-order valence-electron chi connectivity index (χ0n) is 8.98. The summed E-state index contributed by atoms with van der Waals surface area (Å²) in [6.45, 7) is 2.78. The molecule has 1 aliphatic rings. The first-order valence-corrected chi connectivity index (χ1v) is 5.71. The normalized spacial score (nSPS) is 26.4. The first kappa shape index (κ1) is 12.0. The molecule has 3 nitrogen and oxygen atoms in total. The maximum Gasteiger partial charge on any atom is 0.0799 e. The number of ether oxygens (including phenoxy) is 1. The molecule has 0 aliphatic carbocycles. The van der Waals surface area contributed by atoms with Gasteiger partial charge in [0.15, 0.2) is 0 Å². The minimum atomic E-state index is -0.556. The molecule has 0 aromatic heterocycles. The summed E-state index contributed by atoms with van der Waals surface area (Å²) in [7, 11) is 0. The fourth-order valence-electron chi connectivity index (χ4n) is 1.89. The highest BCUT2D eigenvalue weighted by Crippen LogP contribution is 2.18. The molecule has 2 N–H and O–H groups in total. The van der Waals surface area contributed by atoms with Gasteiger partial charge in [-0.3, -0.25) is 0 Å². The third-order valence-electron chi connectivity index (χ3n) is 2.91. The summed E-state index contributed by atoms with van der Waals surface area (Å²) in [4.78, 5) is 0. The van der Waals surface area contributed by atoms with Crippen molar-refractivity contribution in [3.8, 4) is 0 Å². The van der Waals surface area contributed by atoms with Gasteiger partial charge in [0.05, 0.1) is 18.3 Å². The quantitative estimate of drug-likeness (QED) is 0.685. The highest BCUT2D eigenvalue weighted by molar-refractivity contribution is 4.69. The van der Waals surface area contributed by atoms with Crippen LogP contribution in [0.3, 0.4) is 0 Å². The maximum atomic E-state index is 9.50. The van der Waals surface area contributed by atoms with Gasteiger partial charge in [-0.25, -0.2) is 0 Å². The first-order chi connectivity index (χ1) is 6.74. The van der Waals surface area contributed by atoms with E-state index >= 15 is 0 Å². The number of aliphatic hydroxyl groups excluding tert-OH is 2. The highest BCUT2D eigenvalue weighted by atomic mass is 16.5. The fourth-order valence-corrected chi connectivity index (χ4v) is 1.89. The monoisotopic (exact) mass is 202 g/mol. The van der Waals surface area contributed by atoms with Crippen LogP contribution in [0.25, 0.3) is 0 Å². The fraction of sp³-hybridized carbons (Fsp3) is 1.00. The van der Waals surface area contributed by atoms with E-state index in [9.17, 15) is 10.2 Å². The van der Waals surface area contributed by atoms with E-state index in [4.69, 9.17) is 4.74 Å². The van der Waals surface area contributed by atoms with Crippen molar-refractivity contribution in [2.24, 2.45) is 0 Å². The van der Waals surface area contributed by atoms with Gasteiger partial charge in [0.25, 0.3) is 0 Å². The van der Waals surface area contributed by atoms with Crippen LogP contribution in [0, 0.1) is 0 Å². The molecule has 3 unspecified atom stereocenters. The standard InChI is InChI=1S/C11H22O3/c1-2-10(12)11(13)7-3-5-9-6-4-8-14-9/h9-13H,2-8H2,1H3. The van der Waals surface area contributed by atoms with E-state index < -0.39 is 12.2 Å². The molecule has 0 spiro atoms. The lowest BCUT2D eigenvalue weighted by molar-refractivity contribution is 0.00856. The van der Waals surface area contributed by atoms with E-state index in [0.717, 1.165) is 25.9 Å². The molecule has 0 radical (unpaired) electrons. The minimum absolute atomic E-state index is 0.404. The third-order valence-corrected chi connectivity index (χ3v) is 2.91. The van der Waals surface area contributed by atoms with Gasteiger partial charge in [0.1, 0.15) is 0 Å². The predicted octanol–water partition coefficient (Wildman–Crippen LogP) is 1.47. The summed E-state index contributed by atoms with van der Waals surface area (Å²) in [6, 6.07) is 0. The largest absolute Gasteiger partial charge is 0.390 e. The molecule has 3 atom stereocenters. The Morgan fingerprint density at radius 1 is 1.36 bits per heavy atom. The minimum Gasteiger partial charge on any atom is -0.390 e. The van der Waals surface area contributed by atoms with Gasteiger partial charge in [0, 0.05) is 6.61 Å². The number of hydrogen-bond donors (Lipinski definition) is 2. The molecule has 1 heterocycles. The second-order valence-electron chi connectivity index (χ2n) is 4.11. The predicted molar refractivity (Wildman–Crippen MR) is 55.1 cm³/mol. The summed E-state index contributed by atoms with van der Waals surface area (Å²) in [5.41, 5.74) is 0. The zero-order chi connectivity index (χ0) is 10.4. The molecule has 14 heavy (non-hydrogen) atoms. The van der Waals surface area contributed by atoms with Crippen molar-refractivity contribution in [3.05, 3.63) is 0 Å². The van der Waals surface area contributed by atoms with E-state index in [0.29, 0.717) is 18.9 Å². The Labute approximate surface area is 86.1 Å². The molecule has 84 valence electrons. The van der Waals surface area contributed by atoms with Crippen molar-refractivity contribution < 1.29 is 14.9 Å². The van der Waals surface area contributed by atoms with Crippen molar-refractivity contribution in [1.82, 2.24) is 0 Å². The van der Waals surface area contributed by atoms with Gasteiger partial charge in [-0.05, 0) is 38.5 Å². The van der Waals surface area contributed by atoms with Crippen LogP contribution in [-0.2, 0) is 4.74 Å². The Bertz CT molecular complexity index is 143. The Morgan fingerprint density at radius 3 is 2.71 bits per heavy atom. The van der Waals surface area contributed by atoms with Gasteiger partial charge in [-0.2, -0.15) is 0 Å². The van der Waals surface area contributed by atoms with Crippen molar-refractivity contribution in [2.45, 2.75) is 63.8 Å². The first-order valence-electron chi connectivity index (χ1n) is 5.71. The van der Waals surface area contributed by atoms with Gasteiger partial charge >= 0.3 is 0 Å². The van der Waals surface area contributed by atoms with Crippen LogP contribution in [0.15, 0.2) is 0 Å². The maximum absolute atomic E-state index is 9.50. The van der Waals surface area contributed by atoms with Crippen LogP contribution in [0.1, 0.15) is 45.4 Å². The summed E-state index contributed by atoms with van der Waals surface area (Å²) in [5.74, 6) is 0. The van der Waals surface area contributed by atoms with Crippen LogP contribution in [0.5, 0.6) is 0 Å². The van der Waals surface area contributed by atoms with E-state index in [1.165, 1.54) is 6.42 Å². The molecule has 1 fully saturated rings. The number of aliphatic hydroxyl groups is 2. The van der Waals surface area contributed by atoms with Crippen LogP contribution in [0.2, 0.25) is 0 Å². The second kappa shape index (κ2) is 6.38. The van der Waals surface area contributed by atoms with E-state index in [1.54, 1.807) is 0 Å². The topological polar surface area (TPSA) is 49.7 Å². The molecule has 0 aromatic carbocycles. The Morgan fingerprint density at radius 2 is 2.14 bits per heavy atom. The van der Waals surface area contributed by atoms with Crippen molar-refractivity contribution >= 4 is 0 Å². The van der Waals surface area contributed by atoms with Gasteiger partial charge in [0.2, 0.25) is 0 Å². The average molecular weight is 202 g/mol. The molecule has 0 bridgehead atoms.